The molecule has 4 N–H and O–H groups in total. The molecule has 0 fully saturated rings. The van der Waals surface area contributed by atoms with E-state index in [4.69, 9.17) is 19.4 Å². The van der Waals surface area contributed by atoms with Gasteiger partial charge in [-0.3, -0.25) is 9.44 Å². The zero-order chi connectivity index (χ0) is 46.0. The van der Waals surface area contributed by atoms with Gasteiger partial charge in [-0.15, -0.1) is 0 Å². The van der Waals surface area contributed by atoms with Crippen molar-refractivity contribution in [2.75, 3.05) is 34.3 Å². The van der Waals surface area contributed by atoms with Crippen molar-refractivity contribution in [1.82, 2.24) is 9.97 Å². The van der Waals surface area contributed by atoms with Crippen LogP contribution in [0.25, 0.3) is 21.8 Å². The number of ether oxygens (including phenoxy) is 2. The van der Waals surface area contributed by atoms with Crippen LogP contribution in [0.2, 0.25) is 0 Å². The first-order valence-corrected chi connectivity index (χ1v) is 24.1. The molecular formula is C50H44F2N6O6S2. The second kappa shape index (κ2) is 18.3. The largest absolute Gasteiger partial charge is 0.497 e. The molecule has 12 nitrogen and oxygen atoms in total. The molecule has 2 aliphatic rings. The lowest BCUT2D eigenvalue weighted by Gasteiger charge is -2.16. The Morgan fingerprint density at radius 1 is 0.515 bits per heavy atom. The Labute approximate surface area is 381 Å². The van der Waals surface area contributed by atoms with Gasteiger partial charge in [0.1, 0.15) is 34.8 Å². The molecule has 0 radical (unpaired) electrons. The van der Waals surface area contributed by atoms with Crippen LogP contribution in [0.4, 0.5) is 31.8 Å². The van der Waals surface area contributed by atoms with E-state index in [2.05, 4.69) is 44.3 Å². The number of aromatic nitrogens is 2. The summed E-state index contributed by atoms with van der Waals surface area (Å²) in [6, 6.07) is 39.8. The third-order valence-electron chi connectivity index (χ3n) is 11.7. The first-order chi connectivity index (χ1) is 31.8. The Hall–Kier alpha value is -7.30. The maximum Gasteiger partial charge on any atom is 0.261 e. The fourth-order valence-corrected chi connectivity index (χ4v) is 10.5. The van der Waals surface area contributed by atoms with E-state index in [9.17, 15) is 25.6 Å². The van der Waals surface area contributed by atoms with Gasteiger partial charge >= 0.3 is 0 Å². The van der Waals surface area contributed by atoms with Gasteiger partial charge in [0.05, 0.1) is 58.5 Å². The molecule has 10 rings (SSSR count). The third-order valence-corrected chi connectivity index (χ3v) is 14.5. The molecule has 0 saturated heterocycles. The number of rotatable bonds is 12. The Balaban J connectivity index is 0.000000166. The van der Waals surface area contributed by atoms with Crippen LogP contribution in [0, 0.1) is 11.6 Å². The van der Waals surface area contributed by atoms with E-state index in [1.807, 2.05) is 48.5 Å². The summed E-state index contributed by atoms with van der Waals surface area (Å²) in [6.45, 7) is 0. The Morgan fingerprint density at radius 3 is 1.32 bits per heavy atom. The van der Waals surface area contributed by atoms with Gasteiger partial charge in [-0.1, -0.05) is 24.3 Å². The van der Waals surface area contributed by atoms with Crippen LogP contribution >= 0.6 is 0 Å². The maximum atomic E-state index is 13.2. The molecule has 66 heavy (non-hydrogen) atoms. The van der Waals surface area contributed by atoms with Crippen LogP contribution in [0.15, 0.2) is 155 Å². The SMILES string of the molecule is COc1ccc2c(c1)C(Nc1ccc3c(NS(=O)(=O)c4ccc(F)cc4)cccc3n1)CC2.COc1ccc2c(c1)C(Nc1ccc3c(NS(=O)(=O)c4ccc(F)cc4)cccc3n1)CC2. The van der Waals surface area contributed by atoms with Crippen molar-refractivity contribution in [3.63, 3.8) is 0 Å². The van der Waals surface area contributed by atoms with Crippen LogP contribution in [0.1, 0.15) is 47.2 Å². The highest BCUT2D eigenvalue weighted by molar-refractivity contribution is 7.93. The lowest BCUT2D eigenvalue weighted by molar-refractivity contribution is 0.414. The highest BCUT2D eigenvalue weighted by Crippen LogP contribution is 2.38. The van der Waals surface area contributed by atoms with E-state index in [1.54, 1.807) is 38.5 Å². The smallest absolute Gasteiger partial charge is 0.261 e. The predicted octanol–water partition coefficient (Wildman–Crippen LogP) is 10.6. The molecule has 2 unspecified atom stereocenters. The molecule has 0 bridgehead atoms. The van der Waals surface area contributed by atoms with Gasteiger partial charge in [-0.25, -0.2) is 35.6 Å². The van der Waals surface area contributed by atoms with Gasteiger partial charge in [0, 0.05) is 10.8 Å². The second-order valence-corrected chi connectivity index (χ2v) is 19.2. The Morgan fingerprint density at radius 2 is 0.924 bits per heavy atom. The lowest BCUT2D eigenvalue weighted by Crippen LogP contribution is -2.13. The molecule has 336 valence electrons. The highest BCUT2D eigenvalue weighted by atomic mass is 32.2. The summed E-state index contributed by atoms with van der Waals surface area (Å²) in [4.78, 5) is 9.38. The van der Waals surface area contributed by atoms with Crippen LogP contribution < -0.4 is 29.6 Å². The lowest BCUT2D eigenvalue weighted by atomic mass is 10.1. The monoisotopic (exact) mass is 926 g/mol. The molecule has 2 aliphatic carbocycles. The Kier molecular flexibility index (Phi) is 12.2. The summed E-state index contributed by atoms with van der Waals surface area (Å²) in [5.41, 5.74) is 7.14. The van der Waals surface area contributed by atoms with Gasteiger partial charge in [0.15, 0.2) is 0 Å². The number of halogens is 2. The van der Waals surface area contributed by atoms with Crippen molar-refractivity contribution >= 4 is 64.9 Å². The van der Waals surface area contributed by atoms with Crippen LogP contribution in [-0.2, 0) is 32.9 Å². The Bertz CT molecular complexity index is 3100. The summed E-state index contributed by atoms with van der Waals surface area (Å²) in [7, 11) is -4.41. The number of hydrogen-bond donors (Lipinski definition) is 4. The quantitative estimate of drug-likeness (QED) is 0.0928. The number of anilines is 4. The van der Waals surface area contributed by atoms with Gasteiger partial charge in [0.25, 0.3) is 20.0 Å². The third kappa shape index (κ3) is 9.41. The minimum absolute atomic E-state index is 0.0116. The van der Waals surface area contributed by atoms with Gasteiger partial charge in [0.2, 0.25) is 0 Å². The number of sulfonamides is 2. The number of hydrogen-bond acceptors (Lipinski definition) is 10. The zero-order valence-electron chi connectivity index (χ0n) is 35.8. The maximum absolute atomic E-state index is 13.2. The number of aryl methyl sites for hydroxylation is 2. The zero-order valence-corrected chi connectivity index (χ0v) is 37.4. The molecule has 0 amide bonds. The van der Waals surface area contributed by atoms with Crippen molar-refractivity contribution in [2.45, 2.75) is 47.6 Å². The standard InChI is InChI=1S/2C25H22FN3O3S/c2*1-32-18-9-5-16-6-13-23(21(16)15-18)28-25-14-12-20-22(27-25)3-2-4-24(20)29-33(30,31)19-10-7-17(26)8-11-19/h2*2-5,7-12,14-15,23,29H,6,13H2,1H3,(H,27,28). The van der Waals surface area contributed by atoms with E-state index in [0.29, 0.717) is 44.8 Å². The summed E-state index contributed by atoms with van der Waals surface area (Å²) in [6.07, 6.45) is 3.89. The number of nitrogens with one attached hydrogen (secondary N) is 4. The molecule has 2 heterocycles. The van der Waals surface area contributed by atoms with Crippen molar-refractivity contribution in [3.8, 4) is 11.5 Å². The second-order valence-electron chi connectivity index (χ2n) is 15.9. The molecule has 2 atom stereocenters. The summed E-state index contributed by atoms with van der Waals surface area (Å²) >= 11 is 0. The van der Waals surface area contributed by atoms with E-state index >= 15 is 0 Å². The summed E-state index contributed by atoms with van der Waals surface area (Å²) in [5, 5.41) is 8.33. The van der Waals surface area contributed by atoms with E-state index in [1.165, 1.54) is 46.5 Å². The normalized spacial score (nSPS) is 15.3. The molecule has 6 aromatic carbocycles. The molecular weight excluding hydrogens is 883 g/mol. The number of nitrogens with zero attached hydrogens (tertiary/aromatic N) is 2. The molecule has 0 spiro atoms. The fraction of sp³-hybridized carbons (Fsp3) is 0.160. The number of benzene rings is 6. The fourth-order valence-electron chi connectivity index (χ4n) is 8.36. The van der Waals surface area contributed by atoms with Gasteiger partial charge in [-0.05, 0) is 169 Å². The molecule has 8 aromatic rings. The number of methoxy groups -OCH3 is 2. The average Bonchev–Trinajstić information content (AvgIpc) is 3.91. The van der Waals surface area contributed by atoms with E-state index in [0.717, 1.165) is 61.4 Å². The molecule has 16 heteroatoms. The van der Waals surface area contributed by atoms with Crippen molar-refractivity contribution in [3.05, 3.63) is 179 Å². The van der Waals surface area contributed by atoms with Crippen molar-refractivity contribution < 1.29 is 35.1 Å². The van der Waals surface area contributed by atoms with Crippen molar-refractivity contribution in [1.29, 1.82) is 0 Å². The first-order valence-electron chi connectivity index (χ1n) is 21.1. The van der Waals surface area contributed by atoms with Gasteiger partial charge in [-0.2, -0.15) is 0 Å². The van der Waals surface area contributed by atoms with Crippen LogP contribution in [-0.4, -0.2) is 41.0 Å². The van der Waals surface area contributed by atoms with Gasteiger partial charge < -0.3 is 20.1 Å². The van der Waals surface area contributed by atoms with Crippen LogP contribution in [0.5, 0.6) is 11.5 Å². The summed E-state index contributed by atoms with van der Waals surface area (Å²) < 4.78 is 93.3. The van der Waals surface area contributed by atoms with E-state index < -0.39 is 31.7 Å². The topological polar surface area (TPSA) is 161 Å². The van der Waals surface area contributed by atoms with Crippen LogP contribution in [0.3, 0.4) is 0 Å². The number of pyridine rings is 2. The number of fused-ring (bicyclic) bond motifs is 4. The highest BCUT2D eigenvalue weighted by Gasteiger charge is 2.25. The molecule has 0 aliphatic heterocycles. The molecule has 2 aromatic heterocycles. The average molecular weight is 927 g/mol. The predicted molar refractivity (Wildman–Crippen MR) is 253 cm³/mol. The van der Waals surface area contributed by atoms with E-state index in [-0.39, 0.29) is 21.9 Å². The van der Waals surface area contributed by atoms with Crippen molar-refractivity contribution in [2.24, 2.45) is 0 Å². The molecule has 0 saturated carbocycles. The summed E-state index contributed by atoms with van der Waals surface area (Å²) in [5.74, 6) is 2.08. The first kappa shape index (κ1) is 43.9. The minimum Gasteiger partial charge on any atom is -0.497 e. The minimum atomic E-state index is -3.86.